The third-order valence-corrected chi connectivity index (χ3v) is 6.71. The number of hydrogen-bond acceptors (Lipinski definition) is 4. The van der Waals surface area contributed by atoms with Crippen molar-refractivity contribution in [3.05, 3.63) is 30.3 Å². The van der Waals surface area contributed by atoms with Crippen molar-refractivity contribution in [2.75, 3.05) is 7.05 Å². The second kappa shape index (κ2) is 8.36. The Morgan fingerprint density at radius 3 is 2.25 bits per heavy atom. The normalized spacial score (nSPS) is 25.3. The Bertz CT molecular complexity index is 689. The zero-order chi connectivity index (χ0) is 20.5. The molecule has 2 aliphatic rings. The summed E-state index contributed by atoms with van der Waals surface area (Å²) in [5, 5.41) is -0.131. The van der Waals surface area contributed by atoms with E-state index in [0.29, 0.717) is 0 Å². The lowest BCUT2D eigenvalue weighted by atomic mass is 9.96. The Labute approximate surface area is 172 Å². The maximum Gasteiger partial charge on any atom is 0.410 e. The van der Waals surface area contributed by atoms with Crippen LogP contribution < -0.4 is 0 Å². The molecule has 2 fully saturated rings. The summed E-state index contributed by atoms with van der Waals surface area (Å²) in [7, 11) is 1.91. The first-order valence-electron chi connectivity index (χ1n) is 10.2. The lowest BCUT2D eigenvalue weighted by Gasteiger charge is -2.42. The molecule has 6 heteroatoms. The van der Waals surface area contributed by atoms with Crippen molar-refractivity contribution in [1.29, 1.82) is 0 Å². The molecule has 5 nitrogen and oxygen atoms in total. The van der Waals surface area contributed by atoms with E-state index in [2.05, 4.69) is 0 Å². The molecule has 2 bridgehead atoms. The number of thioether (sulfide) groups is 1. The Balaban J connectivity index is 1.60. The van der Waals surface area contributed by atoms with Crippen LogP contribution in [0, 0.1) is 0 Å². The van der Waals surface area contributed by atoms with E-state index in [1.165, 1.54) is 0 Å². The van der Waals surface area contributed by atoms with Crippen molar-refractivity contribution in [1.82, 2.24) is 9.80 Å². The Morgan fingerprint density at radius 2 is 1.71 bits per heavy atom. The fourth-order valence-corrected chi connectivity index (χ4v) is 5.29. The molecule has 2 aliphatic heterocycles. The van der Waals surface area contributed by atoms with E-state index in [1.807, 2.05) is 74.9 Å². The van der Waals surface area contributed by atoms with Crippen molar-refractivity contribution in [2.45, 2.75) is 87.3 Å². The lowest BCUT2D eigenvalue weighted by molar-refractivity contribution is -0.132. The smallest absolute Gasteiger partial charge is 0.410 e. The predicted molar refractivity (Wildman–Crippen MR) is 112 cm³/mol. The van der Waals surface area contributed by atoms with Crippen LogP contribution in [0.2, 0.25) is 0 Å². The number of amides is 2. The maximum atomic E-state index is 13.0. The molecular weight excluding hydrogens is 372 g/mol. The molecule has 0 aromatic heterocycles. The number of carbonyl (C=O) groups is 2. The zero-order valence-corrected chi connectivity index (χ0v) is 18.4. The van der Waals surface area contributed by atoms with Crippen molar-refractivity contribution in [3.63, 3.8) is 0 Å². The van der Waals surface area contributed by atoms with Gasteiger partial charge in [-0.3, -0.25) is 4.79 Å². The van der Waals surface area contributed by atoms with E-state index in [4.69, 9.17) is 4.74 Å². The second-order valence-electron chi connectivity index (χ2n) is 8.92. The van der Waals surface area contributed by atoms with Crippen LogP contribution in [-0.4, -0.2) is 57.8 Å². The van der Waals surface area contributed by atoms with Crippen molar-refractivity contribution in [2.24, 2.45) is 0 Å². The number of piperidine rings is 1. The molecule has 2 amide bonds. The summed E-state index contributed by atoms with van der Waals surface area (Å²) in [5.41, 5.74) is -0.482. The van der Waals surface area contributed by atoms with Gasteiger partial charge >= 0.3 is 6.09 Å². The van der Waals surface area contributed by atoms with Crippen LogP contribution in [0.4, 0.5) is 4.79 Å². The quantitative estimate of drug-likeness (QED) is 0.691. The summed E-state index contributed by atoms with van der Waals surface area (Å²) in [5.74, 6) is 0.156. The van der Waals surface area contributed by atoms with Gasteiger partial charge in [0.15, 0.2) is 0 Å². The van der Waals surface area contributed by atoms with Gasteiger partial charge in [0.1, 0.15) is 5.60 Å². The Hall–Kier alpha value is -1.69. The molecule has 0 N–H and O–H groups in total. The van der Waals surface area contributed by atoms with Crippen LogP contribution in [0.25, 0.3) is 0 Å². The fourth-order valence-electron chi connectivity index (χ4n) is 4.30. The van der Waals surface area contributed by atoms with E-state index in [1.54, 1.807) is 11.8 Å². The predicted octanol–water partition coefficient (Wildman–Crippen LogP) is 4.56. The Morgan fingerprint density at radius 1 is 1.14 bits per heavy atom. The van der Waals surface area contributed by atoms with Crippen LogP contribution in [0.3, 0.4) is 0 Å². The van der Waals surface area contributed by atoms with Crippen LogP contribution >= 0.6 is 11.8 Å². The number of benzene rings is 1. The number of carbonyl (C=O) groups excluding carboxylic acids is 2. The summed E-state index contributed by atoms with van der Waals surface area (Å²) >= 11 is 1.60. The van der Waals surface area contributed by atoms with Crippen LogP contribution in [0.5, 0.6) is 0 Å². The molecule has 154 valence electrons. The van der Waals surface area contributed by atoms with Gasteiger partial charge in [-0.05, 0) is 65.5 Å². The minimum Gasteiger partial charge on any atom is -0.444 e. The SMILES string of the molecule is C[C@@H](Sc1ccccc1)C(=O)N(C)C1C[C@H]2CC[C@@H](C1)N2C(=O)OC(C)(C)C. The third kappa shape index (κ3) is 4.83. The van der Waals surface area contributed by atoms with Crippen LogP contribution in [0.1, 0.15) is 53.4 Å². The van der Waals surface area contributed by atoms with Gasteiger partial charge in [0.05, 0.1) is 5.25 Å². The highest BCUT2D eigenvalue weighted by atomic mass is 32.2. The number of nitrogens with zero attached hydrogens (tertiary/aromatic N) is 2. The zero-order valence-electron chi connectivity index (χ0n) is 17.6. The highest BCUT2D eigenvalue weighted by molar-refractivity contribution is 8.00. The molecule has 0 radical (unpaired) electrons. The average Bonchev–Trinajstić information content (AvgIpc) is 2.90. The first-order valence-corrected chi connectivity index (χ1v) is 11.0. The molecule has 0 aliphatic carbocycles. The number of rotatable bonds is 4. The van der Waals surface area contributed by atoms with Gasteiger partial charge < -0.3 is 14.5 Å². The third-order valence-electron chi connectivity index (χ3n) is 5.61. The summed E-state index contributed by atoms with van der Waals surface area (Å²) in [4.78, 5) is 30.6. The van der Waals surface area contributed by atoms with Gasteiger partial charge in [-0.15, -0.1) is 11.8 Å². The fraction of sp³-hybridized carbons (Fsp3) is 0.636. The van der Waals surface area contributed by atoms with Gasteiger partial charge in [-0.25, -0.2) is 4.79 Å². The molecule has 1 unspecified atom stereocenters. The summed E-state index contributed by atoms with van der Waals surface area (Å²) < 4.78 is 5.61. The van der Waals surface area contributed by atoms with Crippen LogP contribution in [-0.2, 0) is 9.53 Å². The van der Waals surface area contributed by atoms with Gasteiger partial charge in [-0.2, -0.15) is 0 Å². The van der Waals surface area contributed by atoms with E-state index in [-0.39, 0.29) is 35.4 Å². The first-order chi connectivity index (χ1) is 13.2. The van der Waals surface area contributed by atoms with E-state index in [0.717, 1.165) is 30.6 Å². The molecule has 3 rings (SSSR count). The molecule has 0 spiro atoms. The molecular formula is C22H32N2O3S. The van der Waals surface area contributed by atoms with Crippen molar-refractivity contribution < 1.29 is 14.3 Å². The molecule has 1 aromatic carbocycles. The molecule has 4 atom stereocenters. The highest BCUT2D eigenvalue weighted by Crippen LogP contribution is 2.39. The van der Waals surface area contributed by atoms with Crippen molar-refractivity contribution >= 4 is 23.8 Å². The minimum atomic E-state index is -0.482. The van der Waals surface area contributed by atoms with Gasteiger partial charge in [0.2, 0.25) is 5.91 Å². The first kappa shape index (κ1) is 21.0. The van der Waals surface area contributed by atoms with E-state index >= 15 is 0 Å². The number of fused-ring (bicyclic) bond motifs is 2. The maximum absolute atomic E-state index is 13.0. The minimum absolute atomic E-state index is 0.131. The molecule has 28 heavy (non-hydrogen) atoms. The Kier molecular flexibility index (Phi) is 6.28. The molecule has 2 heterocycles. The lowest BCUT2D eigenvalue weighted by Crippen LogP contribution is -2.54. The molecule has 1 aromatic rings. The van der Waals surface area contributed by atoms with Crippen molar-refractivity contribution in [3.8, 4) is 0 Å². The summed E-state index contributed by atoms with van der Waals surface area (Å²) in [6, 6.07) is 10.6. The molecule has 0 saturated carbocycles. The van der Waals surface area contributed by atoms with Gasteiger partial charge in [-0.1, -0.05) is 18.2 Å². The summed E-state index contributed by atoms with van der Waals surface area (Å²) in [6.45, 7) is 7.67. The standard InChI is InChI=1S/C22H32N2O3S/c1-15(28-19-9-7-6-8-10-19)20(25)23(5)18-13-16-11-12-17(14-18)24(16)21(26)27-22(2,3)4/h6-10,15-18H,11-14H2,1-5H3/t15-,16-,17+,18?/m1/s1. The highest BCUT2D eigenvalue weighted by Gasteiger charge is 2.46. The second-order valence-corrected chi connectivity index (χ2v) is 10.3. The van der Waals surface area contributed by atoms with Crippen LogP contribution in [0.15, 0.2) is 35.2 Å². The molecule has 2 saturated heterocycles. The largest absolute Gasteiger partial charge is 0.444 e. The van der Waals surface area contributed by atoms with E-state index in [9.17, 15) is 9.59 Å². The van der Waals surface area contributed by atoms with Gasteiger partial charge in [0.25, 0.3) is 0 Å². The van der Waals surface area contributed by atoms with E-state index < -0.39 is 5.60 Å². The summed E-state index contributed by atoms with van der Waals surface area (Å²) in [6.07, 6.45) is 3.45. The van der Waals surface area contributed by atoms with Gasteiger partial charge in [0, 0.05) is 30.1 Å². The monoisotopic (exact) mass is 404 g/mol. The average molecular weight is 405 g/mol. The number of hydrogen-bond donors (Lipinski definition) is 0. The number of ether oxygens (including phenoxy) is 1. The topological polar surface area (TPSA) is 49.9 Å².